The molecule has 0 radical (unpaired) electrons. The second kappa shape index (κ2) is 9.30. The topological polar surface area (TPSA) is 60.7 Å². The van der Waals surface area contributed by atoms with E-state index in [1.165, 1.54) is 38.5 Å². The molecule has 0 aromatic carbocycles. The fraction of sp³-hybridized carbons (Fsp3) is 0.778. The number of hydrogen-bond acceptors (Lipinski definition) is 3. The van der Waals surface area contributed by atoms with Crippen molar-refractivity contribution >= 4 is 0 Å². The Balaban J connectivity index is 1.70. The molecular formula is C27H44O3. The Kier molecular flexibility index (Phi) is 7.37. The third-order valence-electron chi connectivity index (χ3n) is 8.44. The van der Waals surface area contributed by atoms with Crippen molar-refractivity contribution in [3.63, 3.8) is 0 Å². The lowest BCUT2D eigenvalue weighted by molar-refractivity contribution is 0.0596. The Morgan fingerprint density at radius 2 is 1.97 bits per heavy atom. The van der Waals surface area contributed by atoms with Gasteiger partial charge in [0, 0.05) is 6.42 Å². The fourth-order valence-electron chi connectivity index (χ4n) is 6.74. The minimum absolute atomic E-state index is 0.374. The van der Waals surface area contributed by atoms with E-state index in [1.807, 2.05) is 13.8 Å². The van der Waals surface area contributed by atoms with Crippen molar-refractivity contribution in [1.29, 1.82) is 0 Å². The van der Waals surface area contributed by atoms with Gasteiger partial charge in [-0.2, -0.15) is 0 Å². The second-order valence-corrected chi connectivity index (χ2v) is 11.3. The van der Waals surface area contributed by atoms with Crippen LogP contribution in [0.3, 0.4) is 0 Å². The molecule has 0 aromatic rings. The van der Waals surface area contributed by atoms with Crippen LogP contribution < -0.4 is 0 Å². The van der Waals surface area contributed by atoms with Crippen LogP contribution in [0.5, 0.6) is 0 Å². The zero-order chi connectivity index (χ0) is 22.1. The minimum Gasteiger partial charge on any atom is -0.393 e. The number of aliphatic hydroxyl groups is 3. The van der Waals surface area contributed by atoms with Gasteiger partial charge in [0.1, 0.15) is 0 Å². The lowest BCUT2D eigenvalue weighted by Crippen LogP contribution is -2.36. The van der Waals surface area contributed by atoms with Crippen LogP contribution in [0.4, 0.5) is 0 Å². The van der Waals surface area contributed by atoms with E-state index in [0.717, 1.165) is 29.9 Å². The molecule has 3 saturated carbocycles. The molecule has 0 aliphatic heterocycles. The maximum atomic E-state index is 10.1. The second-order valence-electron chi connectivity index (χ2n) is 11.3. The highest BCUT2D eigenvalue weighted by molar-refractivity contribution is 5.38. The fourth-order valence-corrected chi connectivity index (χ4v) is 6.74. The van der Waals surface area contributed by atoms with Crippen LogP contribution in [0.2, 0.25) is 0 Å². The van der Waals surface area contributed by atoms with Gasteiger partial charge in [-0.3, -0.25) is 0 Å². The van der Waals surface area contributed by atoms with Crippen LogP contribution in [0.15, 0.2) is 35.5 Å². The van der Waals surface area contributed by atoms with Crippen LogP contribution in [-0.4, -0.2) is 33.1 Å². The van der Waals surface area contributed by atoms with E-state index in [9.17, 15) is 15.3 Å². The quantitative estimate of drug-likeness (QED) is 0.520. The molecule has 0 unspecified atom stereocenters. The Morgan fingerprint density at radius 3 is 2.67 bits per heavy atom. The molecule has 0 bridgehead atoms. The van der Waals surface area contributed by atoms with Crippen LogP contribution >= 0.6 is 0 Å². The first-order chi connectivity index (χ1) is 14.0. The zero-order valence-corrected chi connectivity index (χ0v) is 19.7. The van der Waals surface area contributed by atoms with Crippen molar-refractivity contribution in [2.24, 2.45) is 23.2 Å². The molecule has 170 valence electrons. The predicted octanol–water partition coefficient (Wildman–Crippen LogP) is 5.70. The smallest absolute Gasteiger partial charge is 0.0811 e. The SMILES string of the molecule is C=C1/C(=C\C=C2\CCC[C@@]3(C)[C@H]2CC[C@H]3[C@H](C)CCCC(C)(C)O)C[C@H](O)C[C@@H]1O. The van der Waals surface area contributed by atoms with Gasteiger partial charge in [0.25, 0.3) is 0 Å². The molecule has 3 fully saturated rings. The first kappa shape index (κ1) is 23.8. The number of fused-ring (bicyclic) bond motifs is 1. The van der Waals surface area contributed by atoms with Crippen molar-refractivity contribution < 1.29 is 15.3 Å². The average Bonchev–Trinajstić information content (AvgIpc) is 3.00. The van der Waals surface area contributed by atoms with Gasteiger partial charge >= 0.3 is 0 Å². The third kappa shape index (κ3) is 5.29. The van der Waals surface area contributed by atoms with Gasteiger partial charge in [0.2, 0.25) is 0 Å². The summed E-state index contributed by atoms with van der Waals surface area (Å²) in [5, 5.41) is 30.2. The highest BCUT2D eigenvalue weighted by atomic mass is 16.3. The predicted molar refractivity (Wildman–Crippen MR) is 124 cm³/mol. The summed E-state index contributed by atoms with van der Waals surface area (Å²) >= 11 is 0. The van der Waals surface area contributed by atoms with E-state index < -0.39 is 17.8 Å². The van der Waals surface area contributed by atoms with Crippen molar-refractivity contribution in [2.75, 3.05) is 0 Å². The molecule has 3 heteroatoms. The van der Waals surface area contributed by atoms with Crippen LogP contribution in [0.25, 0.3) is 0 Å². The number of hydrogen-bond donors (Lipinski definition) is 3. The Bertz CT molecular complexity index is 683. The molecular weight excluding hydrogens is 372 g/mol. The maximum absolute atomic E-state index is 10.1. The zero-order valence-electron chi connectivity index (χ0n) is 19.7. The highest BCUT2D eigenvalue weighted by Crippen LogP contribution is 2.60. The normalized spacial score (nSPS) is 38.8. The number of allylic oxidation sites excluding steroid dienone is 3. The first-order valence-corrected chi connectivity index (χ1v) is 12.2. The van der Waals surface area contributed by atoms with E-state index in [0.29, 0.717) is 30.1 Å². The van der Waals surface area contributed by atoms with E-state index in [4.69, 9.17) is 0 Å². The lowest BCUT2D eigenvalue weighted by Gasteiger charge is -2.44. The van der Waals surface area contributed by atoms with Crippen molar-refractivity contribution in [3.8, 4) is 0 Å². The molecule has 0 spiro atoms. The van der Waals surface area contributed by atoms with Gasteiger partial charge in [-0.1, -0.05) is 51.0 Å². The minimum atomic E-state index is -0.615. The van der Waals surface area contributed by atoms with Crippen molar-refractivity contribution in [3.05, 3.63) is 35.5 Å². The van der Waals surface area contributed by atoms with Crippen LogP contribution in [0, 0.1) is 23.2 Å². The molecule has 3 N–H and O–H groups in total. The molecule has 6 atom stereocenters. The van der Waals surface area contributed by atoms with Gasteiger partial charge < -0.3 is 15.3 Å². The average molecular weight is 417 g/mol. The summed E-state index contributed by atoms with van der Waals surface area (Å²) < 4.78 is 0. The largest absolute Gasteiger partial charge is 0.393 e. The Labute approximate surface area is 184 Å². The van der Waals surface area contributed by atoms with Crippen molar-refractivity contribution in [2.45, 2.75) is 110 Å². The highest BCUT2D eigenvalue weighted by Gasteiger charge is 2.50. The number of aliphatic hydroxyl groups excluding tert-OH is 2. The Hall–Kier alpha value is -0.900. The van der Waals surface area contributed by atoms with Gasteiger partial charge in [-0.05, 0) is 93.1 Å². The van der Waals surface area contributed by atoms with E-state index >= 15 is 0 Å². The van der Waals surface area contributed by atoms with Gasteiger partial charge in [-0.25, -0.2) is 0 Å². The van der Waals surface area contributed by atoms with E-state index in [-0.39, 0.29) is 0 Å². The monoisotopic (exact) mass is 416 g/mol. The van der Waals surface area contributed by atoms with E-state index in [2.05, 4.69) is 32.6 Å². The first-order valence-electron chi connectivity index (χ1n) is 12.2. The molecule has 3 aliphatic rings. The summed E-state index contributed by atoms with van der Waals surface area (Å²) in [4.78, 5) is 0. The lowest BCUT2D eigenvalue weighted by atomic mass is 9.60. The molecule has 0 aromatic heterocycles. The maximum Gasteiger partial charge on any atom is 0.0811 e. The number of rotatable bonds is 6. The third-order valence-corrected chi connectivity index (χ3v) is 8.44. The van der Waals surface area contributed by atoms with Crippen LogP contribution in [0.1, 0.15) is 91.9 Å². The van der Waals surface area contributed by atoms with Crippen molar-refractivity contribution in [1.82, 2.24) is 0 Å². The summed E-state index contributed by atoms with van der Waals surface area (Å²) in [5.41, 5.74) is 3.17. The standard InChI is InChI=1S/C27H44O3/c1-18(8-6-14-26(3,4)30)23-12-13-24-20(9-7-15-27(23,24)5)10-11-21-16-22(28)17-25(29)19(21)2/h10-11,18,22-25,28-30H,2,6-9,12-17H2,1,3-5H3/b20-10-,21-11-/t18-,22+,23+,24+,25+,27-/m1/s1. The summed E-state index contributed by atoms with van der Waals surface area (Å²) in [5.74, 6) is 2.11. The van der Waals surface area contributed by atoms with E-state index in [1.54, 1.807) is 5.57 Å². The summed E-state index contributed by atoms with van der Waals surface area (Å²) in [6, 6.07) is 0. The Morgan fingerprint density at radius 1 is 1.23 bits per heavy atom. The molecule has 0 heterocycles. The molecule has 3 aliphatic carbocycles. The molecule has 30 heavy (non-hydrogen) atoms. The molecule has 0 saturated heterocycles. The summed E-state index contributed by atoms with van der Waals surface area (Å²) in [6.45, 7) is 12.8. The van der Waals surface area contributed by atoms with Gasteiger partial charge in [0.05, 0.1) is 17.8 Å². The molecule has 3 nitrogen and oxygen atoms in total. The molecule has 0 amide bonds. The van der Waals surface area contributed by atoms with Gasteiger partial charge in [0.15, 0.2) is 0 Å². The van der Waals surface area contributed by atoms with Gasteiger partial charge in [-0.15, -0.1) is 0 Å². The molecule has 3 rings (SSSR count). The van der Waals surface area contributed by atoms with Crippen LogP contribution in [-0.2, 0) is 0 Å². The summed E-state index contributed by atoms with van der Waals surface area (Å²) in [7, 11) is 0. The summed E-state index contributed by atoms with van der Waals surface area (Å²) in [6.07, 6.45) is 13.9.